The van der Waals surface area contributed by atoms with E-state index in [0.29, 0.717) is 6.04 Å². The number of pyridine rings is 1. The van der Waals surface area contributed by atoms with Crippen molar-refractivity contribution in [1.29, 1.82) is 0 Å². The number of benzene rings is 1. The number of hydrogen-bond donors (Lipinski definition) is 3. The number of anilines is 2. The number of hydrogen-bond acceptors (Lipinski definition) is 4. The fourth-order valence-electron chi connectivity index (χ4n) is 2.93. The van der Waals surface area contributed by atoms with Crippen LogP contribution in [-0.2, 0) is 0 Å². The number of nitrogens with zero attached hydrogens (tertiary/aromatic N) is 1. The lowest BCUT2D eigenvalue weighted by Crippen LogP contribution is -2.23. The van der Waals surface area contributed by atoms with E-state index in [1.807, 2.05) is 27.9 Å². The molecular weight excluding hydrogens is 296 g/mol. The maximum Gasteiger partial charge on any atom is 0.0743 e. The number of rotatable bonds is 2. The molecule has 1 saturated carbocycles. The predicted octanol–water partition coefficient (Wildman–Crippen LogP) is 4.73. The predicted molar refractivity (Wildman–Crippen MR) is 108 cm³/mol. The Morgan fingerprint density at radius 2 is 1.71 bits per heavy atom. The molecule has 0 spiro atoms. The highest BCUT2D eigenvalue weighted by Gasteiger charge is 2.16. The second-order valence-electron chi connectivity index (χ2n) is 6.09. The van der Waals surface area contributed by atoms with Crippen molar-refractivity contribution in [2.45, 2.75) is 58.9 Å². The molecule has 1 aromatic carbocycles. The molecule has 1 aliphatic rings. The quantitative estimate of drug-likeness (QED) is 0.745. The third-order valence-electron chi connectivity index (χ3n) is 4.01. The van der Waals surface area contributed by atoms with Gasteiger partial charge in [0.05, 0.1) is 23.1 Å². The van der Waals surface area contributed by atoms with Gasteiger partial charge in [-0.3, -0.25) is 4.98 Å². The maximum atomic E-state index is 6.13. The van der Waals surface area contributed by atoms with Crippen LogP contribution < -0.4 is 16.4 Å². The molecule has 1 aromatic heterocycles. The third kappa shape index (κ3) is 5.68. The van der Waals surface area contributed by atoms with Crippen LogP contribution in [0.25, 0.3) is 10.9 Å². The fraction of sp³-hybridized carbons (Fsp3) is 0.550. The fourth-order valence-corrected chi connectivity index (χ4v) is 2.93. The van der Waals surface area contributed by atoms with E-state index < -0.39 is 0 Å². The van der Waals surface area contributed by atoms with Crippen molar-refractivity contribution >= 4 is 22.3 Å². The van der Waals surface area contributed by atoms with Gasteiger partial charge in [0.1, 0.15) is 0 Å². The van der Waals surface area contributed by atoms with Crippen LogP contribution in [0.4, 0.5) is 11.4 Å². The number of nitrogens with two attached hydrogens (primary N) is 1. The zero-order chi connectivity index (χ0) is 17.9. The number of nitrogens with one attached hydrogen (secondary N) is 2. The van der Waals surface area contributed by atoms with Gasteiger partial charge in [0.15, 0.2) is 0 Å². The van der Waals surface area contributed by atoms with Crippen LogP contribution in [0.3, 0.4) is 0 Å². The molecule has 1 heterocycles. The molecule has 0 radical (unpaired) electrons. The molecule has 1 fully saturated rings. The third-order valence-corrected chi connectivity index (χ3v) is 4.01. The van der Waals surface area contributed by atoms with Crippen LogP contribution in [0.15, 0.2) is 24.4 Å². The Morgan fingerprint density at radius 3 is 2.33 bits per heavy atom. The zero-order valence-electron chi connectivity index (χ0n) is 15.9. The molecule has 0 amide bonds. The minimum atomic E-state index is 0.558. The molecule has 4 nitrogen and oxygen atoms in total. The molecule has 2 aromatic rings. The summed E-state index contributed by atoms with van der Waals surface area (Å²) >= 11 is 0. The van der Waals surface area contributed by atoms with Crippen molar-refractivity contribution in [1.82, 2.24) is 10.3 Å². The van der Waals surface area contributed by atoms with Gasteiger partial charge >= 0.3 is 0 Å². The molecule has 1 aliphatic carbocycles. The average Bonchev–Trinajstić information content (AvgIpc) is 2.61. The highest BCUT2D eigenvalue weighted by atomic mass is 14.9. The van der Waals surface area contributed by atoms with Gasteiger partial charge in [-0.15, -0.1) is 0 Å². The lowest BCUT2D eigenvalue weighted by atomic mass is 9.95. The Kier molecular flexibility index (Phi) is 9.16. The summed E-state index contributed by atoms with van der Waals surface area (Å²) < 4.78 is 0. The van der Waals surface area contributed by atoms with Crippen molar-refractivity contribution in [3.8, 4) is 0 Å². The Bertz CT molecular complexity index is 599. The Labute approximate surface area is 147 Å². The second-order valence-corrected chi connectivity index (χ2v) is 6.09. The molecule has 4 heteroatoms. The van der Waals surface area contributed by atoms with E-state index in [1.165, 1.54) is 37.7 Å². The van der Waals surface area contributed by atoms with Crippen molar-refractivity contribution in [3.63, 3.8) is 0 Å². The summed E-state index contributed by atoms with van der Waals surface area (Å²) in [6.45, 7) is 6.10. The molecule has 0 aliphatic heterocycles. The SMILES string of the molecule is CC.CNC.Cc1ccc2ncc(N)c(NC3CCCCC3)c2c1. The van der Waals surface area contributed by atoms with E-state index in [2.05, 4.69) is 40.7 Å². The van der Waals surface area contributed by atoms with Gasteiger partial charge in [-0.1, -0.05) is 44.7 Å². The molecule has 0 atom stereocenters. The average molecular weight is 331 g/mol. The van der Waals surface area contributed by atoms with Crippen molar-refractivity contribution < 1.29 is 0 Å². The number of fused-ring (bicyclic) bond motifs is 1. The first kappa shape index (κ1) is 20.2. The summed E-state index contributed by atoms with van der Waals surface area (Å²) in [4.78, 5) is 4.41. The summed E-state index contributed by atoms with van der Waals surface area (Å²) in [7, 11) is 3.75. The minimum absolute atomic E-state index is 0.558. The Morgan fingerprint density at radius 1 is 1.08 bits per heavy atom. The number of aryl methyl sites for hydroxylation is 1. The van der Waals surface area contributed by atoms with Crippen LogP contribution in [-0.4, -0.2) is 25.1 Å². The van der Waals surface area contributed by atoms with Crippen LogP contribution in [0.2, 0.25) is 0 Å². The highest BCUT2D eigenvalue weighted by molar-refractivity contribution is 5.97. The monoisotopic (exact) mass is 330 g/mol. The second kappa shape index (κ2) is 10.9. The van der Waals surface area contributed by atoms with Crippen LogP contribution in [0.1, 0.15) is 51.5 Å². The van der Waals surface area contributed by atoms with Gasteiger partial charge < -0.3 is 16.4 Å². The van der Waals surface area contributed by atoms with Crippen LogP contribution >= 0.6 is 0 Å². The van der Waals surface area contributed by atoms with E-state index in [1.54, 1.807) is 6.20 Å². The van der Waals surface area contributed by atoms with Gasteiger partial charge in [-0.25, -0.2) is 0 Å². The Balaban J connectivity index is 0.000000521. The molecule has 3 rings (SSSR count). The molecule has 0 saturated heterocycles. The van der Waals surface area contributed by atoms with Crippen LogP contribution in [0.5, 0.6) is 0 Å². The summed E-state index contributed by atoms with van der Waals surface area (Å²) in [5.41, 5.74) is 10.2. The Hall–Kier alpha value is -1.81. The lowest BCUT2D eigenvalue weighted by Gasteiger charge is -2.25. The molecule has 24 heavy (non-hydrogen) atoms. The maximum absolute atomic E-state index is 6.13. The molecule has 0 bridgehead atoms. The first-order valence-electron chi connectivity index (χ1n) is 9.15. The first-order valence-corrected chi connectivity index (χ1v) is 9.15. The number of aromatic nitrogens is 1. The largest absolute Gasteiger partial charge is 0.396 e. The topological polar surface area (TPSA) is 63.0 Å². The van der Waals surface area contributed by atoms with E-state index in [9.17, 15) is 0 Å². The summed E-state index contributed by atoms with van der Waals surface area (Å²) in [5, 5.41) is 7.55. The van der Waals surface area contributed by atoms with Crippen LogP contribution in [0, 0.1) is 6.92 Å². The van der Waals surface area contributed by atoms with Crippen molar-refractivity contribution in [2.24, 2.45) is 0 Å². The van der Waals surface area contributed by atoms with Crippen molar-refractivity contribution in [2.75, 3.05) is 25.1 Å². The van der Waals surface area contributed by atoms with E-state index in [4.69, 9.17) is 5.73 Å². The van der Waals surface area contributed by atoms with E-state index in [0.717, 1.165) is 22.3 Å². The molecular formula is C20H34N4. The van der Waals surface area contributed by atoms with Gasteiger partial charge in [0.25, 0.3) is 0 Å². The zero-order valence-corrected chi connectivity index (χ0v) is 15.9. The summed E-state index contributed by atoms with van der Waals surface area (Å²) in [6, 6.07) is 6.89. The van der Waals surface area contributed by atoms with E-state index >= 15 is 0 Å². The molecule has 134 valence electrons. The normalized spacial score (nSPS) is 14.2. The smallest absolute Gasteiger partial charge is 0.0743 e. The summed E-state index contributed by atoms with van der Waals surface area (Å²) in [6.07, 6.45) is 8.26. The first-order chi connectivity index (χ1) is 11.7. The molecule has 4 N–H and O–H groups in total. The number of nitrogen functional groups attached to an aromatic ring is 1. The summed E-state index contributed by atoms with van der Waals surface area (Å²) in [5.74, 6) is 0. The van der Waals surface area contributed by atoms with Gasteiger partial charge in [0.2, 0.25) is 0 Å². The standard InChI is InChI=1S/C16H21N3.C2H7N.C2H6/c1-11-7-8-15-13(9-11)16(14(17)10-18-15)19-12-5-3-2-4-6-12;1-3-2;1-2/h7-10,12H,2-6,17H2,1H3,(H,18,19);3H,1-2H3;1-2H3. The van der Waals surface area contributed by atoms with Gasteiger partial charge in [-0.05, 0) is 46.0 Å². The van der Waals surface area contributed by atoms with Gasteiger partial charge in [-0.2, -0.15) is 0 Å². The van der Waals surface area contributed by atoms with Crippen molar-refractivity contribution in [3.05, 3.63) is 30.0 Å². The highest BCUT2D eigenvalue weighted by Crippen LogP contribution is 2.31. The van der Waals surface area contributed by atoms with E-state index in [-0.39, 0.29) is 0 Å². The lowest BCUT2D eigenvalue weighted by molar-refractivity contribution is 0.463. The molecule has 0 unspecified atom stereocenters. The van der Waals surface area contributed by atoms with Gasteiger partial charge in [0, 0.05) is 11.4 Å². The minimum Gasteiger partial charge on any atom is -0.396 e.